The Kier molecular flexibility index (Phi) is 16.6. The Balaban J connectivity index is -0.000000218. The van der Waals surface area contributed by atoms with E-state index in [1.54, 1.807) is 0 Å². The molecule has 0 saturated heterocycles. The van der Waals surface area contributed by atoms with Gasteiger partial charge in [0.25, 0.3) is 0 Å². The summed E-state index contributed by atoms with van der Waals surface area (Å²) < 4.78 is 2.09. The zero-order chi connectivity index (χ0) is 13.5. The Labute approximate surface area is 136 Å². The van der Waals surface area contributed by atoms with Gasteiger partial charge >= 0.3 is 19.5 Å². The molecule has 0 aliphatic heterocycles. The Morgan fingerprint density at radius 1 is 0.706 bits per heavy atom. The van der Waals surface area contributed by atoms with E-state index < -0.39 is 0 Å². The van der Waals surface area contributed by atoms with Crippen LogP contribution in [0.3, 0.4) is 0 Å². The van der Waals surface area contributed by atoms with Crippen molar-refractivity contribution in [3.05, 3.63) is 0 Å². The second-order valence-corrected chi connectivity index (χ2v) is 9.28. The molecule has 0 atom stereocenters. The van der Waals surface area contributed by atoms with Crippen LogP contribution >= 0.6 is 24.4 Å². The molecular weight excluding hydrogens is 342 g/mol. The van der Waals surface area contributed by atoms with E-state index in [0.29, 0.717) is 0 Å². The van der Waals surface area contributed by atoms with E-state index in [4.69, 9.17) is 24.4 Å². The van der Waals surface area contributed by atoms with Gasteiger partial charge < -0.3 is 31.6 Å². The van der Waals surface area contributed by atoms with E-state index in [1.165, 1.54) is 0 Å². The fourth-order valence-electron chi connectivity index (χ4n) is 0.730. The number of hydrogen-bond donors (Lipinski definition) is 0. The maximum atomic E-state index is 5.04. The average molecular weight is 366 g/mol. The molecule has 17 heavy (non-hydrogen) atoms. The zero-order valence-corrected chi connectivity index (χ0v) is 18.5. The number of thiocarbonyl (C=S) groups is 2. The number of nitrogens with zero attached hydrogens (tertiary/aromatic N) is 2. The second kappa shape index (κ2) is 12.2. The Bertz CT molecular complexity index is 186. The predicted molar refractivity (Wildman–Crippen MR) is 91.0 cm³/mol. The molecule has 0 aromatic carbocycles. The van der Waals surface area contributed by atoms with Crippen LogP contribution < -0.4 is 0 Å². The third kappa shape index (κ3) is 13.3. The van der Waals surface area contributed by atoms with Gasteiger partial charge in [0.2, 0.25) is 0 Å². The van der Waals surface area contributed by atoms with Crippen LogP contribution in [0.4, 0.5) is 0 Å². The summed E-state index contributed by atoms with van der Waals surface area (Å²) >= 11 is 10.1. The SMILES string of the molecule is CN(C)C(=S)[S-](C)C.CN(C)C(=S)[S-](C)C.[Zn+2]. The summed E-state index contributed by atoms with van der Waals surface area (Å²) in [7, 11) is 8.46. The van der Waals surface area contributed by atoms with Crippen LogP contribution in [-0.4, -0.2) is 71.7 Å². The van der Waals surface area contributed by atoms with Gasteiger partial charge in [-0.3, -0.25) is 0 Å². The zero-order valence-electron chi connectivity index (χ0n) is 12.2. The fourth-order valence-corrected chi connectivity index (χ4v) is 2.19. The first kappa shape index (κ1) is 23.2. The molecule has 0 aliphatic carbocycles. The molecule has 2 nitrogen and oxygen atoms in total. The van der Waals surface area contributed by atoms with Crippen molar-refractivity contribution in [2.24, 2.45) is 0 Å². The van der Waals surface area contributed by atoms with Gasteiger partial charge in [0, 0.05) is 28.2 Å². The van der Waals surface area contributed by atoms with E-state index in [-0.39, 0.29) is 41.3 Å². The summed E-state index contributed by atoms with van der Waals surface area (Å²) in [5, 5.41) is 0. The van der Waals surface area contributed by atoms with E-state index in [1.807, 2.05) is 38.0 Å². The van der Waals surface area contributed by atoms with E-state index in [2.05, 4.69) is 25.0 Å². The third-order valence-electron chi connectivity index (χ3n) is 1.43. The van der Waals surface area contributed by atoms with Gasteiger partial charge in [-0.05, 0) is 8.64 Å². The van der Waals surface area contributed by atoms with Crippen molar-refractivity contribution in [1.82, 2.24) is 9.80 Å². The largest absolute Gasteiger partial charge is 2.00 e. The molecule has 0 fully saturated rings. The monoisotopic (exact) mass is 364 g/mol. The van der Waals surface area contributed by atoms with Crippen molar-refractivity contribution in [1.29, 1.82) is 0 Å². The van der Waals surface area contributed by atoms with Crippen molar-refractivity contribution in [3.8, 4) is 0 Å². The van der Waals surface area contributed by atoms with Crippen LogP contribution in [0.2, 0.25) is 0 Å². The Morgan fingerprint density at radius 3 is 0.882 bits per heavy atom. The van der Waals surface area contributed by atoms with Crippen molar-refractivity contribution >= 4 is 54.9 Å². The molecule has 0 bridgehead atoms. The minimum Gasteiger partial charge on any atom is -0.464 e. The van der Waals surface area contributed by atoms with Crippen LogP contribution in [0.25, 0.3) is 0 Å². The van der Waals surface area contributed by atoms with E-state index >= 15 is 0 Å². The summed E-state index contributed by atoms with van der Waals surface area (Å²) in [6.07, 6.45) is 8.51. The Hall–Kier alpha value is 1.10. The molecule has 0 aliphatic rings. The quantitative estimate of drug-likeness (QED) is 0.364. The van der Waals surface area contributed by atoms with E-state index in [9.17, 15) is 0 Å². The smallest absolute Gasteiger partial charge is 0.464 e. The molecule has 0 unspecified atom stereocenters. The molecule has 0 saturated carbocycles. The fraction of sp³-hybridized carbons (Fsp3) is 0.800. The standard InChI is InChI=1S/2C5H12NS2.Zn/c2*1-6(2)5(7)8(3)4;/h2*1-4H3;/q2*-1;+2. The van der Waals surface area contributed by atoms with Crippen LogP contribution in [0.1, 0.15) is 0 Å². The summed E-state index contributed by atoms with van der Waals surface area (Å²) in [5.74, 6) is 0. The molecule has 0 aromatic rings. The maximum Gasteiger partial charge on any atom is 2.00 e. The van der Waals surface area contributed by atoms with E-state index in [0.717, 1.165) is 8.64 Å². The molecule has 0 heterocycles. The summed E-state index contributed by atoms with van der Waals surface area (Å²) in [4.78, 5) is 3.97. The molecular formula is C10H24N2S4Zn. The molecule has 7 heteroatoms. The maximum absolute atomic E-state index is 5.04. The van der Waals surface area contributed by atoms with Crippen molar-refractivity contribution in [3.63, 3.8) is 0 Å². The topological polar surface area (TPSA) is 6.48 Å². The van der Waals surface area contributed by atoms with Gasteiger partial charge in [-0.15, -0.1) is 25.0 Å². The molecule has 0 aromatic heterocycles. The van der Waals surface area contributed by atoms with Gasteiger partial charge in [0.15, 0.2) is 0 Å². The van der Waals surface area contributed by atoms with Gasteiger partial charge in [-0.25, -0.2) is 0 Å². The van der Waals surface area contributed by atoms with Gasteiger partial charge in [0.1, 0.15) is 0 Å². The first-order chi connectivity index (χ1) is 7.11. The van der Waals surface area contributed by atoms with Gasteiger partial charge in [-0.2, -0.15) is 0 Å². The summed E-state index contributed by atoms with van der Waals surface area (Å²) in [6.45, 7) is 0. The predicted octanol–water partition coefficient (Wildman–Crippen LogP) is 1.42. The van der Waals surface area contributed by atoms with Crippen LogP contribution in [0, 0.1) is 0 Å². The van der Waals surface area contributed by atoms with Gasteiger partial charge in [-0.1, -0.05) is 24.4 Å². The molecule has 100 valence electrons. The number of hydrogen-bond acceptors (Lipinski definition) is 4. The minimum absolute atomic E-state index is 0. The normalized spacial score (nSPS) is 10.1. The Morgan fingerprint density at radius 2 is 0.882 bits per heavy atom. The minimum atomic E-state index is 0. The first-order valence-corrected chi connectivity index (χ1v) is 9.58. The molecule has 0 rings (SSSR count). The first-order valence-electron chi connectivity index (χ1n) is 4.69. The van der Waals surface area contributed by atoms with Gasteiger partial charge in [0.05, 0.1) is 0 Å². The third-order valence-corrected chi connectivity index (χ3v) is 6.29. The molecule has 0 amide bonds. The van der Waals surface area contributed by atoms with Crippen molar-refractivity contribution in [2.75, 3.05) is 53.2 Å². The molecule has 0 N–H and O–H groups in total. The van der Waals surface area contributed by atoms with Crippen molar-refractivity contribution < 1.29 is 19.5 Å². The van der Waals surface area contributed by atoms with Crippen LogP contribution in [-0.2, 0) is 41.3 Å². The van der Waals surface area contributed by atoms with Crippen molar-refractivity contribution in [2.45, 2.75) is 0 Å². The summed E-state index contributed by atoms with van der Waals surface area (Å²) in [5.41, 5.74) is 0. The summed E-state index contributed by atoms with van der Waals surface area (Å²) in [6, 6.07) is 0. The average Bonchev–Trinajstić information content (AvgIpc) is 2.15. The number of rotatable bonds is 0. The van der Waals surface area contributed by atoms with Crippen LogP contribution in [0.15, 0.2) is 0 Å². The second-order valence-electron chi connectivity index (χ2n) is 3.95. The molecule has 0 radical (unpaired) electrons. The molecule has 0 spiro atoms. The van der Waals surface area contributed by atoms with Crippen LogP contribution in [0.5, 0.6) is 0 Å².